The van der Waals surface area contributed by atoms with Crippen LogP contribution >= 0.6 is 24.8 Å². The van der Waals surface area contributed by atoms with Gasteiger partial charge in [-0.2, -0.15) is 5.10 Å². The fraction of sp³-hybridized carbons (Fsp3) is 0.500. The third-order valence-corrected chi connectivity index (χ3v) is 4.72. The lowest BCUT2D eigenvalue weighted by atomic mass is 10.2. The molecule has 1 fully saturated rings. The van der Waals surface area contributed by atoms with Crippen molar-refractivity contribution in [1.82, 2.24) is 25.0 Å². The Kier molecular flexibility index (Phi) is 10.4. The van der Waals surface area contributed by atoms with Gasteiger partial charge in [0.25, 0.3) is 0 Å². The maximum atomic E-state index is 12.2. The van der Waals surface area contributed by atoms with E-state index in [0.29, 0.717) is 24.6 Å². The monoisotopic (exact) mass is 429 g/mol. The van der Waals surface area contributed by atoms with Gasteiger partial charge in [0.15, 0.2) is 5.82 Å². The molecule has 2 heterocycles. The van der Waals surface area contributed by atoms with Gasteiger partial charge in [-0.25, -0.2) is 4.98 Å². The first-order valence-electron chi connectivity index (χ1n) is 9.14. The maximum absolute atomic E-state index is 12.2. The average molecular weight is 430 g/mol. The van der Waals surface area contributed by atoms with Gasteiger partial charge in [-0.05, 0) is 30.8 Å². The Morgan fingerprint density at radius 2 is 1.79 bits per heavy atom. The van der Waals surface area contributed by atoms with Gasteiger partial charge in [-0.1, -0.05) is 6.92 Å². The normalized spacial score (nSPS) is 14.8. The first-order valence-corrected chi connectivity index (χ1v) is 9.14. The van der Waals surface area contributed by atoms with E-state index >= 15 is 0 Å². The molecule has 2 aromatic rings. The van der Waals surface area contributed by atoms with Crippen molar-refractivity contribution < 1.29 is 4.79 Å². The summed E-state index contributed by atoms with van der Waals surface area (Å²) in [4.78, 5) is 21.3. The van der Waals surface area contributed by atoms with E-state index in [1.54, 1.807) is 0 Å². The number of nitrogens with two attached hydrogens (primary N) is 1. The molecular formula is C18H29Cl2N7O. The summed E-state index contributed by atoms with van der Waals surface area (Å²) in [5.41, 5.74) is 7.19. The van der Waals surface area contributed by atoms with E-state index in [-0.39, 0.29) is 30.7 Å². The molecule has 1 aromatic heterocycles. The number of benzene rings is 1. The molecule has 8 nitrogen and oxygen atoms in total. The van der Waals surface area contributed by atoms with Crippen LogP contribution in [0.25, 0.3) is 11.4 Å². The molecule has 0 spiro atoms. The van der Waals surface area contributed by atoms with Crippen LogP contribution in [0.3, 0.4) is 0 Å². The molecule has 0 atom stereocenters. The van der Waals surface area contributed by atoms with Crippen LogP contribution in [0.5, 0.6) is 0 Å². The molecule has 0 saturated carbocycles. The third kappa shape index (κ3) is 6.72. The second-order valence-electron chi connectivity index (χ2n) is 6.46. The summed E-state index contributed by atoms with van der Waals surface area (Å²) in [6.45, 7) is 8.68. The van der Waals surface area contributed by atoms with Gasteiger partial charge in [0.2, 0.25) is 5.91 Å². The Balaban J connectivity index is 0.00000196. The van der Waals surface area contributed by atoms with Crippen molar-refractivity contribution in [3.05, 3.63) is 30.1 Å². The molecule has 1 amide bonds. The van der Waals surface area contributed by atoms with Crippen molar-refractivity contribution in [2.45, 2.75) is 19.9 Å². The fourth-order valence-electron chi connectivity index (χ4n) is 3.03. The van der Waals surface area contributed by atoms with E-state index in [4.69, 9.17) is 5.73 Å². The van der Waals surface area contributed by atoms with E-state index in [2.05, 4.69) is 37.2 Å². The Morgan fingerprint density at radius 1 is 1.14 bits per heavy atom. The van der Waals surface area contributed by atoms with Crippen LogP contribution in [0, 0.1) is 0 Å². The van der Waals surface area contributed by atoms with E-state index in [1.165, 1.54) is 0 Å². The van der Waals surface area contributed by atoms with Crippen molar-refractivity contribution in [2.24, 2.45) is 5.73 Å². The van der Waals surface area contributed by atoms with Gasteiger partial charge in [0.05, 0.1) is 6.54 Å². The lowest BCUT2D eigenvalue weighted by molar-refractivity contribution is -0.116. The van der Waals surface area contributed by atoms with Gasteiger partial charge in [-0.15, -0.1) is 24.8 Å². The van der Waals surface area contributed by atoms with Crippen LogP contribution < -0.4 is 11.1 Å². The molecule has 1 saturated heterocycles. The number of nitrogens with zero attached hydrogens (tertiary/aromatic N) is 4. The van der Waals surface area contributed by atoms with E-state index in [1.807, 2.05) is 24.3 Å². The topological polar surface area (TPSA) is 103 Å². The quantitative estimate of drug-likeness (QED) is 0.619. The molecule has 156 valence electrons. The molecule has 1 aliphatic rings. The van der Waals surface area contributed by atoms with Gasteiger partial charge >= 0.3 is 0 Å². The minimum atomic E-state index is 0. The van der Waals surface area contributed by atoms with Gasteiger partial charge in [0.1, 0.15) is 5.82 Å². The van der Waals surface area contributed by atoms with E-state index in [0.717, 1.165) is 50.5 Å². The van der Waals surface area contributed by atoms with Crippen LogP contribution in [0.1, 0.15) is 19.2 Å². The minimum absolute atomic E-state index is 0. The molecule has 0 bridgehead atoms. The predicted molar refractivity (Wildman–Crippen MR) is 116 cm³/mol. The van der Waals surface area contributed by atoms with Crippen LogP contribution in [0.15, 0.2) is 24.3 Å². The van der Waals surface area contributed by atoms with Crippen LogP contribution in [0.2, 0.25) is 0 Å². The fourth-order valence-corrected chi connectivity index (χ4v) is 3.03. The van der Waals surface area contributed by atoms with Crippen LogP contribution in [-0.4, -0.2) is 70.2 Å². The third-order valence-electron chi connectivity index (χ3n) is 4.72. The number of H-pyrrole nitrogens is 1. The Bertz CT molecular complexity index is 715. The molecule has 28 heavy (non-hydrogen) atoms. The maximum Gasteiger partial charge on any atom is 0.225 e. The second-order valence-corrected chi connectivity index (χ2v) is 6.46. The smallest absolute Gasteiger partial charge is 0.225 e. The predicted octanol–water partition coefficient (Wildman–Crippen LogP) is 1.74. The van der Waals surface area contributed by atoms with Crippen molar-refractivity contribution in [3.63, 3.8) is 0 Å². The van der Waals surface area contributed by atoms with E-state index < -0.39 is 0 Å². The SMILES string of the molecule is CCN1CCN(CCC(=O)Nc2ccc(-c3n[nH]c(CN)n3)cc2)CC1.Cl.Cl. The molecule has 3 rings (SSSR count). The summed E-state index contributed by atoms with van der Waals surface area (Å²) in [6.07, 6.45) is 0.509. The number of nitrogens with one attached hydrogen (secondary N) is 2. The first kappa shape index (κ1) is 24.3. The van der Waals surface area contributed by atoms with Crippen LogP contribution in [0.4, 0.5) is 5.69 Å². The van der Waals surface area contributed by atoms with Gasteiger partial charge in [0, 0.05) is 50.4 Å². The summed E-state index contributed by atoms with van der Waals surface area (Å²) >= 11 is 0. The molecular weight excluding hydrogens is 401 g/mol. The lowest BCUT2D eigenvalue weighted by Crippen LogP contribution is -2.46. The van der Waals surface area contributed by atoms with E-state index in [9.17, 15) is 4.79 Å². The Hall–Kier alpha value is -1.71. The largest absolute Gasteiger partial charge is 0.326 e. The molecule has 10 heteroatoms. The van der Waals surface area contributed by atoms with Crippen molar-refractivity contribution in [1.29, 1.82) is 0 Å². The zero-order valence-corrected chi connectivity index (χ0v) is 17.7. The zero-order valence-electron chi connectivity index (χ0n) is 16.1. The highest BCUT2D eigenvalue weighted by molar-refractivity contribution is 5.91. The summed E-state index contributed by atoms with van der Waals surface area (Å²) in [5, 5.41) is 9.87. The first-order chi connectivity index (χ1) is 12.7. The summed E-state index contributed by atoms with van der Waals surface area (Å²) in [5.74, 6) is 1.30. The lowest BCUT2D eigenvalue weighted by Gasteiger charge is -2.33. The highest BCUT2D eigenvalue weighted by atomic mass is 35.5. The number of anilines is 1. The number of amides is 1. The van der Waals surface area contributed by atoms with Crippen LogP contribution in [-0.2, 0) is 11.3 Å². The summed E-state index contributed by atoms with van der Waals surface area (Å²) in [7, 11) is 0. The number of aromatic nitrogens is 3. The van der Waals surface area contributed by atoms with Gasteiger partial charge in [-0.3, -0.25) is 9.89 Å². The standard InChI is InChI=1S/C18H27N7O.2ClH/c1-2-24-9-11-25(12-10-24)8-7-17(26)20-15-5-3-14(4-6-15)18-21-16(13-19)22-23-18;;/h3-6H,2,7-13,19H2,1H3,(H,20,26)(H,21,22,23);2*1H. The Labute approximate surface area is 178 Å². The van der Waals surface area contributed by atoms with Gasteiger partial charge < -0.3 is 20.9 Å². The summed E-state index contributed by atoms with van der Waals surface area (Å²) in [6, 6.07) is 7.52. The minimum Gasteiger partial charge on any atom is -0.326 e. The summed E-state index contributed by atoms with van der Waals surface area (Å²) < 4.78 is 0. The number of piperazine rings is 1. The number of likely N-dealkylation sites (N-methyl/N-ethyl adjacent to an activating group) is 1. The number of halogens is 2. The Morgan fingerprint density at radius 3 is 2.36 bits per heavy atom. The highest BCUT2D eigenvalue weighted by Gasteiger charge is 2.16. The molecule has 0 radical (unpaired) electrons. The molecule has 1 aliphatic heterocycles. The number of carbonyl (C=O) groups is 1. The average Bonchev–Trinajstić information content (AvgIpc) is 3.16. The number of carbonyl (C=O) groups excluding carboxylic acids is 1. The van der Waals surface area contributed by atoms with Crippen molar-refractivity contribution >= 4 is 36.4 Å². The molecule has 0 aliphatic carbocycles. The number of hydrogen-bond donors (Lipinski definition) is 3. The van der Waals surface area contributed by atoms with Crippen molar-refractivity contribution in [3.8, 4) is 11.4 Å². The van der Waals surface area contributed by atoms with Crippen molar-refractivity contribution in [2.75, 3.05) is 44.6 Å². The highest BCUT2D eigenvalue weighted by Crippen LogP contribution is 2.18. The zero-order chi connectivity index (χ0) is 18.4. The second kappa shape index (κ2) is 12.0. The number of hydrogen-bond acceptors (Lipinski definition) is 6. The molecule has 1 aromatic carbocycles. The number of aromatic amines is 1. The molecule has 0 unspecified atom stereocenters. The number of rotatable bonds is 7. The molecule has 4 N–H and O–H groups in total.